The lowest BCUT2D eigenvalue weighted by Crippen LogP contribution is -2.41. The number of anilines is 1. The van der Waals surface area contributed by atoms with Gasteiger partial charge in [-0.1, -0.05) is 49.4 Å². The van der Waals surface area contributed by atoms with Crippen LogP contribution in [-0.4, -0.2) is 25.0 Å². The molecule has 0 radical (unpaired) electrons. The number of hydrogen-bond acceptors (Lipinski definition) is 4. The molecule has 0 unspecified atom stereocenters. The molecule has 0 spiro atoms. The molecule has 30 heavy (non-hydrogen) atoms. The van der Waals surface area contributed by atoms with E-state index in [1.165, 1.54) is 5.56 Å². The fourth-order valence-electron chi connectivity index (χ4n) is 3.57. The van der Waals surface area contributed by atoms with Gasteiger partial charge in [-0.05, 0) is 41.1 Å². The number of amides is 2. The van der Waals surface area contributed by atoms with E-state index in [1.54, 1.807) is 16.2 Å². The number of ether oxygens (including phenoxy) is 1. The summed E-state index contributed by atoms with van der Waals surface area (Å²) >= 11 is 1.62. The molecule has 0 saturated heterocycles. The van der Waals surface area contributed by atoms with E-state index in [0.717, 1.165) is 16.9 Å². The third kappa shape index (κ3) is 4.39. The molecule has 4 rings (SSSR count). The Morgan fingerprint density at radius 2 is 1.93 bits per heavy atom. The summed E-state index contributed by atoms with van der Waals surface area (Å²) in [7, 11) is 0. The molecular weight excluding hydrogens is 396 g/mol. The van der Waals surface area contributed by atoms with Gasteiger partial charge in [0.2, 0.25) is 5.91 Å². The van der Waals surface area contributed by atoms with Gasteiger partial charge in [-0.3, -0.25) is 9.59 Å². The van der Waals surface area contributed by atoms with Gasteiger partial charge < -0.3 is 15.0 Å². The fourth-order valence-corrected chi connectivity index (χ4v) is 4.37. The van der Waals surface area contributed by atoms with Crippen molar-refractivity contribution in [1.29, 1.82) is 0 Å². The molecule has 6 heteroatoms. The number of carbonyl (C=O) groups is 2. The number of carbonyl (C=O) groups excluding carboxylic acids is 2. The lowest BCUT2D eigenvalue weighted by molar-refractivity contribution is -0.122. The van der Waals surface area contributed by atoms with E-state index in [-0.39, 0.29) is 30.9 Å². The van der Waals surface area contributed by atoms with Crippen LogP contribution in [0, 0.1) is 0 Å². The minimum Gasteiger partial charge on any atom is -0.482 e. The molecule has 1 atom stereocenters. The maximum absolute atomic E-state index is 12.8. The highest BCUT2D eigenvalue weighted by Crippen LogP contribution is 2.31. The number of rotatable bonds is 7. The third-order valence-electron chi connectivity index (χ3n) is 5.23. The average Bonchev–Trinajstić information content (AvgIpc) is 3.31. The van der Waals surface area contributed by atoms with Crippen LogP contribution < -0.4 is 15.0 Å². The van der Waals surface area contributed by atoms with E-state index in [9.17, 15) is 9.59 Å². The first kappa shape index (κ1) is 20.2. The molecule has 0 saturated carbocycles. The van der Waals surface area contributed by atoms with E-state index in [2.05, 4.69) is 36.5 Å². The monoisotopic (exact) mass is 420 g/mol. The first-order chi connectivity index (χ1) is 14.7. The standard InChI is InChI=1S/C24H24N2O3S/c1-2-17-9-11-18(12-10-17)24(21-8-5-15-30-21)25-22(27)13-14-26-19-6-3-4-7-20(19)29-16-23(26)28/h3-12,15,24H,2,13-14,16H2,1H3,(H,25,27)/t24-/m1/s1. The zero-order valence-electron chi connectivity index (χ0n) is 16.8. The van der Waals surface area contributed by atoms with E-state index in [4.69, 9.17) is 4.74 Å². The smallest absolute Gasteiger partial charge is 0.265 e. The van der Waals surface area contributed by atoms with E-state index < -0.39 is 0 Å². The second-order valence-corrected chi connectivity index (χ2v) is 8.14. The molecule has 2 aromatic carbocycles. The molecule has 1 N–H and O–H groups in total. The molecule has 0 aliphatic carbocycles. The highest BCUT2D eigenvalue weighted by atomic mass is 32.1. The highest BCUT2D eigenvalue weighted by Gasteiger charge is 2.26. The SMILES string of the molecule is CCc1ccc([C@@H](NC(=O)CCN2C(=O)COc3ccccc32)c2cccs2)cc1. The van der Waals surface area contributed by atoms with Crippen LogP contribution >= 0.6 is 11.3 Å². The van der Waals surface area contributed by atoms with Crippen molar-refractivity contribution >= 4 is 28.8 Å². The van der Waals surface area contributed by atoms with Gasteiger partial charge in [0, 0.05) is 17.8 Å². The van der Waals surface area contributed by atoms with Gasteiger partial charge in [0.15, 0.2) is 6.61 Å². The minimum atomic E-state index is -0.198. The summed E-state index contributed by atoms with van der Waals surface area (Å²) in [4.78, 5) is 27.9. The number of hydrogen-bond donors (Lipinski definition) is 1. The van der Waals surface area contributed by atoms with Gasteiger partial charge in [0.1, 0.15) is 5.75 Å². The number of fused-ring (bicyclic) bond motifs is 1. The van der Waals surface area contributed by atoms with Crippen LogP contribution in [0.3, 0.4) is 0 Å². The Balaban J connectivity index is 1.46. The summed E-state index contributed by atoms with van der Waals surface area (Å²) in [5.74, 6) is 0.446. The third-order valence-corrected chi connectivity index (χ3v) is 6.16. The second kappa shape index (κ2) is 9.13. The van der Waals surface area contributed by atoms with Crippen LogP contribution in [0.2, 0.25) is 0 Å². The molecule has 3 aromatic rings. The topological polar surface area (TPSA) is 58.6 Å². The Hall–Kier alpha value is -3.12. The molecular formula is C24H24N2O3S. The van der Waals surface area contributed by atoms with Crippen molar-refractivity contribution in [2.24, 2.45) is 0 Å². The van der Waals surface area contributed by atoms with E-state index >= 15 is 0 Å². The maximum atomic E-state index is 12.8. The Morgan fingerprint density at radius 1 is 1.13 bits per heavy atom. The van der Waals surface area contributed by atoms with Crippen molar-refractivity contribution in [2.45, 2.75) is 25.8 Å². The normalized spacial score (nSPS) is 14.0. The zero-order valence-corrected chi connectivity index (χ0v) is 17.7. The van der Waals surface area contributed by atoms with Crippen molar-refractivity contribution in [3.8, 4) is 5.75 Å². The van der Waals surface area contributed by atoms with Crippen LogP contribution in [0.1, 0.15) is 35.4 Å². The second-order valence-electron chi connectivity index (χ2n) is 7.16. The van der Waals surface area contributed by atoms with E-state index in [1.807, 2.05) is 41.8 Å². The molecule has 1 aromatic heterocycles. The molecule has 2 heterocycles. The van der Waals surface area contributed by atoms with Crippen molar-refractivity contribution < 1.29 is 14.3 Å². The largest absolute Gasteiger partial charge is 0.482 e. The van der Waals surface area contributed by atoms with Gasteiger partial charge in [-0.15, -0.1) is 11.3 Å². The number of nitrogens with zero attached hydrogens (tertiary/aromatic N) is 1. The molecule has 1 aliphatic rings. The molecule has 154 valence electrons. The van der Waals surface area contributed by atoms with Crippen LogP contribution in [0.25, 0.3) is 0 Å². The average molecular weight is 421 g/mol. The highest BCUT2D eigenvalue weighted by molar-refractivity contribution is 7.10. The summed E-state index contributed by atoms with van der Waals surface area (Å²) in [6, 6.07) is 19.6. The molecule has 0 bridgehead atoms. The van der Waals surface area contributed by atoms with Crippen LogP contribution in [0.4, 0.5) is 5.69 Å². The van der Waals surface area contributed by atoms with Crippen molar-refractivity contribution in [1.82, 2.24) is 5.32 Å². The van der Waals surface area contributed by atoms with Gasteiger partial charge in [0.05, 0.1) is 11.7 Å². The summed E-state index contributed by atoms with van der Waals surface area (Å²) in [6.45, 7) is 2.44. The predicted molar refractivity (Wildman–Crippen MR) is 119 cm³/mol. The van der Waals surface area contributed by atoms with Gasteiger partial charge in [0.25, 0.3) is 5.91 Å². The first-order valence-electron chi connectivity index (χ1n) is 10.1. The van der Waals surface area contributed by atoms with Crippen molar-refractivity contribution in [2.75, 3.05) is 18.1 Å². The van der Waals surface area contributed by atoms with Crippen LogP contribution in [-0.2, 0) is 16.0 Å². The van der Waals surface area contributed by atoms with Crippen molar-refractivity contribution in [3.63, 3.8) is 0 Å². The Kier molecular flexibility index (Phi) is 6.14. The van der Waals surface area contributed by atoms with Crippen LogP contribution in [0.5, 0.6) is 5.75 Å². The predicted octanol–water partition coefficient (Wildman–Crippen LogP) is 4.33. The number of para-hydroxylation sites is 2. The molecule has 5 nitrogen and oxygen atoms in total. The van der Waals surface area contributed by atoms with Crippen molar-refractivity contribution in [3.05, 3.63) is 82.0 Å². The molecule has 1 aliphatic heterocycles. The molecule has 2 amide bonds. The summed E-state index contributed by atoms with van der Waals surface area (Å²) in [6.07, 6.45) is 1.19. The summed E-state index contributed by atoms with van der Waals surface area (Å²) < 4.78 is 5.47. The Morgan fingerprint density at radius 3 is 2.67 bits per heavy atom. The van der Waals surface area contributed by atoms with Gasteiger partial charge in [-0.2, -0.15) is 0 Å². The summed E-state index contributed by atoms with van der Waals surface area (Å²) in [5.41, 5.74) is 3.03. The minimum absolute atomic E-state index is 0.000228. The molecule has 0 fully saturated rings. The first-order valence-corrected chi connectivity index (χ1v) is 11.0. The summed E-state index contributed by atoms with van der Waals surface area (Å²) in [5, 5.41) is 5.17. The quantitative estimate of drug-likeness (QED) is 0.619. The number of thiophene rings is 1. The van der Waals surface area contributed by atoms with Gasteiger partial charge >= 0.3 is 0 Å². The van der Waals surface area contributed by atoms with Gasteiger partial charge in [-0.25, -0.2) is 0 Å². The zero-order chi connectivity index (χ0) is 20.9. The number of aryl methyl sites for hydroxylation is 1. The lowest BCUT2D eigenvalue weighted by Gasteiger charge is -2.29. The number of benzene rings is 2. The fraction of sp³-hybridized carbons (Fsp3) is 0.250. The Labute approximate surface area is 180 Å². The van der Waals surface area contributed by atoms with E-state index in [0.29, 0.717) is 18.0 Å². The lowest BCUT2D eigenvalue weighted by atomic mass is 10.0. The number of nitrogens with one attached hydrogen (secondary N) is 1. The van der Waals surface area contributed by atoms with Crippen LogP contribution in [0.15, 0.2) is 66.0 Å². The Bertz CT molecular complexity index is 1020. The maximum Gasteiger partial charge on any atom is 0.265 e.